The fourth-order valence-electron chi connectivity index (χ4n) is 1.70. The van der Waals surface area contributed by atoms with E-state index in [1.54, 1.807) is 0 Å². The van der Waals surface area contributed by atoms with Gasteiger partial charge in [0.05, 0.1) is 5.56 Å². The van der Waals surface area contributed by atoms with E-state index in [-0.39, 0.29) is 22.8 Å². The Balaban J connectivity index is 2.35. The highest BCUT2D eigenvalue weighted by molar-refractivity contribution is 5.88. The number of carbonyl (C=O) groups is 1. The minimum absolute atomic E-state index is 0.140. The van der Waals surface area contributed by atoms with Gasteiger partial charge in [-0.3, -0.25) is 0 Å². The molecule has 1 heterocycles. The number of carboxylic acids is 1. The molecule has 0 atom stereocenters. The van der Waals surface area contributed by atoms with Crippen LogP contribution in [0.5, 0.6) is 0 Å². The maximum absolute atomic E-state index is 12.6. The Morgan fingerprint density at radius 2 is 2.00 bits per heavy atom. The normalized spacial score (nSPS) is 11.2. The van der Waals surface area contributed by atoms with Gasteiger partial charge < -0.3 is 10.4 Å². The van der Waals surface area contributed by atoms with Crippen LogP contribution >= 0.6 is 0 Å². The molecule has 0 aliphatic heterocycles. The quantitative estimate of drug-likeness (QED) is 0.909. The first-order valence-electron chi connectivity index (χ1n) is 5.78. The van der Waals surface area contributed by atoms with Crippen molar-refractivity contribution in [3.05, 3.63) is 47.4 Å². The second-order valence-corrected chi connectivity index (χ2v) is 4.20. The molecule has 1 aromatic heterocycles. The lowest BCUT2D eigenvalue weighted by Gasteiger charge is -2.12. The lowest BCUT2D eigenvalue weighted by atomic mass is 10.2. The molecule has 1 aromatic carbocycles. The molecular weight excluding hydrogens is 287 g/mol. The molecule has 2 N–H and O–H groups in total. The van der Waals surface area contributed by atoms with E-state index in [4.69, 9.17) is 5.11 Å². The lowest BCUT2D eigenvalue weighted by molar-refractivity contribution is -0.137. The monoisotopic (exact) mass is 297 g/mol. The van der Waals surface area contributed by atoms with E-state index in [1.165, 1.54) is 19.1 Å². The summed E-state index contributed by atoms with van der Waals surface area (Å²) in [4.78, 5) is 18.4. The van der Waals surface area contributed by atoms with Gasteiger partial charge in [0.2, 0.25) is 0 Å². The number of halogens is 3. The largest absolute Gasteiger partial charge is 0.476 e. The zero-order valence-corrected chi connectivity index (χ0v) is 10.8. The van der Waals surface area contributed by atoms with Crippen molar-refractivity contribution >= 4 is 17.5 Å². The molecule has 110 valence electrons. The molecule has 0 saturated carbocycles. The first kappa shape index (κ1) is 14.8. The van der Waals surface area contributed by atoms with Crippen LogP contribution in [0, 0.1) is 6.92 Å². The van der Waals surface area contributed by atoms with Gasteiger partial charge in [0.15, 0.2) is 5.69 Å². The third kappa shape index (κ3) is 3.28. The topological polar surface area (TPSA) is 75.1 Å². The fraction of sp³-hybridized carbons (Fsp3) is 0.154. The molecule has 0 fully saturated rings. The van der Waals surface area contributed by atoms with Gasteiger partial charge in [-0.1, -0.05) is 6.07 Å². The van der Waals surface area contributed by atoms with E-state index in [1.807, 2.05) is 0 Å². The maximum atomic E-state index is 12.6. The van der Waals surface area contributed by atoms with E-state index in [0.717, 1.165) is 18.5 Å². The highest BCUT2D eigenvalue weighted by atomic mass is 19.4. The Labute approximate surface area is 117 Å². The summed E-state index contributed by atoms with van der Waals surface area (Å²) in [6.45, 7) is 1.47. The van der Waals surface area contributed by atoms with E-state index >= 15 is 0 Å². The number of nitrogens with zero attached hydrogens (tertiary/aromatic N) is 2. The van der Waals surface area contributed by atoms with Crippen LogP contribution in [0.2, 0.25) is 0 Å². The molecule has 8 heteroatoms. The van der Waals surface area contributed by atoms with E-state index in [2.05, 4.69) is 15.3 Å². The molecule has 21 heavy (non-hydrogen) atoms. The van der Waals surface area contributed by atoms with Crippen LogP contribution in [0.25, 0.3) is 0 Å². The molecule has 5 nitrogen and oxygen atoms in total. The van der Waals surface area contributed by atoms with Gasteiger partial charge in [-0.2, -0.15) is 13.2 Å². The number of hydrogen-bond acceptors (Lipinski definition) is 4. The van der Waals surface area contributed by atoms with E-state index in [0.29, 0.717) is 0 Å². The van der Waals surface area contributed by atoms with Gasteiger partial charge in [-0.15, -0.1) is 0 Å². The Kier molecular flexibility index (Phi) is 3.79. The van der Waals surface area contributed by atoms with Crippen molar-refractivity contribution in [2.45, 2.75) is 13.1 Å². The van der Waals surface area contributed by atoms with Gasteiger partial charge in [0.1, 0.15) is 12.1 Å². The number of hydrogen-bond donors (Lipinski definition) is 2. The summed E-state index contributed by atoms with van der Waals surface area (Å²) < 4.78 is 37.9. The van der Waals surface area contributed by atoms with Crippen molar-refractivity contribution in [3.63, 3.8) is 0 Å². The van der Waals surface area contributed by atoms with Gasteiger partial charge in [-0.05, 0) is 25.1 Å². The molecule has 2 aromatic rings. The fourth-order valence-corrected chi connectivity index (χ4v) is 1.70. The molecule has 0 unspecified atom stereocenters. The second kappa shape index (κ2) is 5.39. The van der Waals surface area contributed by atoms with Crippen LogP contribution in [0.1, 0.15) is 21.6 Å². The smallest absolute Gasteiger partial charge is 0.416 e. The number of alkyl halides is 3. The number of aromatic nitrogens is 2. The van der Waals surface area contributed by atoms with Crippen LogP contribution < -0.4 is 5.32 Å². The zero-order valence-electron chi connectivity index (χ0n) is 10.8. The SMILES string of the molecule is Cc1c(Nc2cccc(C(F)(F)F)c2)ncnc1C(=O)O. The molecule has 0 radical (unpaired) electrons. The average Bonchev–Trinajstić information content (AvgIpc) is 2.40. The number of carboxylic acid groups (broad SMARTS) is 1. The Hall–Kier alpha value is -2.64. The third-order valence-corrected chi connectivity index (χ3v) is 2.74. The number of rotatable bonds is 3. The van der Waals surface area contributed by atoms with Crippen LogP contribution in [0.15, 0.2) is 30.6 Å². The predicted octanol–water partition coefficient (Wildman–Crippen LogP) is 3.25. The Morgan fingerprint density at radius 1 is 1.29 bits per heavy atom. The van der Waals surface area contributed by atoms with Crippen LogP contribution in [0.3, 0.4) is 0 Å². The highest BCUT2D eigenvalue weighted by Gasteiger charge is 2.30. The zero-order chi connectivity index (χ0) is 15.6. The molecule has 0 bridgehead atoms. The van der Waals surface area contributed by atoms with Gasteiger partial charge in [0, 0.05) is 11.3 Å². The summed E-state index contributed by atoms with van der Waals surface area (Å²) in [5, 5.41) is 11.6. The molecular formula is C13H10F3N3O2. The van der Waals surface area contributed by atoms with E-state index < -0.39 is 17.7 Å². The molecule has 0 aliphatic rings. The van der Waals surface area contributed by atoms with Gasteiger partial charge >= 0.3 is 12.1 Å². The minimum Gasteiger partial charge on any atom is -0.476 e. The molecule has 0 saturated heterocycles. The summed E-state index contributed by atoms with van der Waals surface area (Å²) in [5.41, 5.74) is -0.623. The minimum atomic E-state index is -4.45. The van der Waals surface area contributed by atoms with Crippen LogP contribution in [-0.2, 0) is 6.18 Å². The standard InChI is InChI=1S/C13H10F3N3O2/c1-7-10(12(20)21)17-6-18-11(7)19-9-4-2-3-8(5-9)13(14,15)16/h2-6H,1H3,(H,20,21)(H,17,18,19). The van der Waals surface area contributed by atoms with Crippen molar-refractivity contribution in [2.24, 2.45) is 0 Å². The van der Waals surface area contributed by atoms with Gasteiger partial charge in [-0.25, -0.2) is 14.8 Å². The summed E-state index contributed by atoms with van der Waals surface area (Å²) in [5.74, 6) is -1.09. The van der Waals surface area contributed by atoms with Crippen molar-refractivity contribution < 1.29 is 23.1 Å². The second-order valence-electron chi connectivity index (χ2n) is 4.20. The Morgan fingerprint density at radius 3 is 2.62 bits per heavy atom. The maximum Gasteiger partial charge on any atom is 0.416 e. The number of anilines is 2. The summed E-state index contributed by atoms with van der Waals surface area (Å²) in [6.07, 6.45) is -3.42. The molecule has 0 aliphatic carbocycles. The third-order valence-electron chi connectivity index (χ3n) is 2.74. The van der Waals surface area contributed by atoms with Crippen LogP contribution in [0.4, 0.5) is 24.7 Å². The van der Waals surface area contributed by atoms with E-state index in [9.17, 15) is 18.0 Å². The number of benzene rings is 1. The van der Waals surface area contributed by atoms with Crippen molar-refractivity contribution in [1.29, 1.82) is 0 Å². The summed E-state index contributed by atoms with van der Waals surface area (Å²) >= 11 is 0. The first-order chi connectivity index (χ1) is 9.79. The van der Waals surface area contributed by atoms with Gasteiger partial charge in [0.25, 0.3) is 0 Å². The van der Waals surface area contributed by atoms with Crippen molar-refractivity contribution in [2.75, 3.05) is 5.32 Å². The average molecular weight is 297 g/mol. The summed E-state index contributed by atoms with van der Waals surface area (Å²) in [6, 6.07) is 4.54. The molecule has 0 amide bonds. The summed E-state index contributed by atoms with van der Waals surface area (Å²) in [7, 11) is 0. The number of aromatic carboxylic acids is 1. The highest BCUT2D eigenvalue weighted by Crippen LogP contribution is 2.31. The Bertz CT molecular complexity index is 687. The molecule has 0 spiro atoms. The lowest BCUT2D eigenvalue weighted by Crippen LogP contribution is -2.08. The van der Waals surface area contributed by atoms with Crippen molar-refractivity contribution in [3.8, 4) is 0 Å². The van der Waals surface area contributed by atoms with Crippen molar-refractivity contribution in [1.82, 2.24) is 9.97 Å². The number of nitrogens with one attached hydrogen (secondary N) is 1. The van der Waals surface area contributed by atoms with Crippen LogP contribution in [-0.4, -0.2) is 21.0 Å². The molecule has 2 rings (SSSR count). The first-order valence-corrected chi connectivity index (χ1v) is 5.78. The predicted molar refractivity (Wildman–Crippen MR) is 68.5 cm³/mol.